The van der Waals surface area contributed by atoms with Gasteiger partial charge in [-0.05, 0) is 25.0 Å². The molecular weight excluding hydrogens is 273 g/mol. The predicted molar refractivity (Wildman–Crippen MR) is 80.7 cm³/mol. The van der Waals surface area contributed by atoms with Gasteiger partial charge in [0.1, 0.15) is 11.9 Å². The molecule has 5 heteroatoms. The van der Waals surface area contributed by atoms with Crippen LogP contribution in [0.25, 0.3) is 5.57 Å². The van der Waals surface area contributed by atoms with E-state index in [-0.39, 0.29) is 11.3 Å². The van der Waals surface area contributed by atoms with Gasteiger partial charge in [-0.1, -0.05) is 25.5 Å². The van der Waals surface area contributed by atoms with Gasteiger partial charge in [0.05, 0.1) is 19.4 Å². The van der Waals surface area contributed by atoms with E-state index in [1.807, 2.05) is 6.92 Å². The van der Waals surface area contributed by atoms with Crippen LogP contribution in [-0.4, -0.2) is 35.0 Å². The van der Waals surface area contributed by atoms with Crippen molar-refractivity contribution < 1.29 is 19.3 Å². The van der Waals surface area contributed by atoms with Gasteiger partial charge in [0.25, 0.3) is 0 Å². The summed E-state index contributed by atoms with van der Waals surface area (Å²) in [7, 11) is 1.46. The molecule has 1 aromatic heterocycles. The number of hydrogen-bond acceptors (Lipinski definition) is 4. The lowest BCUT2D eigenvalue weighted by Crippen LogP contribution is -2.17. The first kappa shape index (κ1) is 17.3. The van der Waals surface area contributed by atoms with Gasteiger partial charge in [0, 0.05) is 11.6 Å². The van der Waals surface area contributed by atoms with Crippen molar-refractivity contribution >= 4 is 5.57 Å². The molecule has 0 amide bonds. The minimum Gasteiger partial charge on any atom is -0.481 e. The summed E-state index contributed by atoms with van der Waals surface area (Å²) in [6.45, 7) is 3.17. The van der Waals surface area contributed by atoms with Crippen LogP contribution in [0.3, 0.4) is 0 Å². The van der Waals surface area contributed by atoms with Crippen LogP contribution in [0, 0.1) is 6.92 Å². The molecule has 0 aliphatic rings. The molecule has 1 atom stereocenters. The lowest BCUT2D eigenvalue weighted by atomic mass is 10.0. The fraction of sp³-hybridized carbons (Fsp3) is 0.438. The maximum Gasteiger partial charge on any atom is 0.213 e. The molecule has 116 valence electrons. The van der Waals surface area contributed by atoms with E-state index in [0.29, 0.717) is 11.4 Å². The number of methoxy groups -OCH3 is 1. The summed E-state index contributed by atoms with van der Waals surface area (Å²) < 4.78 is 19.4. The summed E-state index contributed by atoms with van der Waals surface area (Å²) in [4.78, 5) is 4.18. The SMILES string of the molecule is CCC/C=C/C(F)=C(\c1nc(OC)ccc1C)C(O)CO. The van der Waals surface area contributed by atoms with E-state index in [9.17, 15) is 14.6 Å². The van der Waals surface area contributed by atoms with Crippen molar-refractivity contribution in [2.45, 2.75) is 32.8 Å². The predicted octanol–water partition coefficient (Wildman–Crippen LogP) is 2.79. The van der Waals surface area contributed by atoms with E-state index in [0.717, 1.165) is 12.8 Å². The van der Waals surface area contributed by atoms with Crippen LogP contribution >= 0.6 is 0 Å². The molecule has 0 spiro atoms. The average Bonchev–Trinajstić information content (AvgIpc) is 2.49. The molecule has 0 radical (unpaired) electrons. The third kappa shape index (κ3) is 4.65. The summed E-state index contributed by atoms with van der Waals surface area (Å²) in [5, 5.41) is 19.1. The first-order valence-electron chi connectivity index (χ1n) is 6.92. The van der Waals surface area contributed by atoms with Crippen molar-refractivity contribution in [3.8, 4) is 5.88 Å². The molecule has 1 heterocycles. The molecule has 1 aromatic rings. The molecule has 21 heavy (non-hydrogen) atoms. The van der Waals surface area contributed by atoms with Gasteiger partial charge < -0.3 is 14.9 Å². The van der Waals surface area contributed by atoms with Crippen molar-refractivity contribution in [3.63, 3.8) is 0 Å². The van der Waals surface area contributed by atoms with Crippen molar-refractivity contribution in [2.75, 3.05) is 13.7 Å². The largest absolute Gasteiger partial charge is 0.481 e. The summed E-state index contributed by atoms with van der Waals surface area (Å²) in [5.74, 6) is -0.280. The van der Waals surface area contributed by atoms with Crippen LogP contribution in [0.1, 0.15) is 31.0 Å². The minimum absolute atomic E-state index is 0.0266. The maximum absolute atomic E-state index is 14.4. The highest BCUT2D eigenvalue weighted by atomic mass is 19.1. The first-order valence-corrected chi connectivity index (χ1v) is 6.92. The zero-order chi connectivity index (χ0) is 15.8. The summed E-state index contributed by atoms with van der Waals surface area (Å²) in [6.07, 6.45) is 3.29. The van der Waals surface area contributed by atoms with E-state index in [1.54, 1.807) is 25.1 Å². The number of aliphatic hydroxyl groups excluding tert-OH is 2. The lowest BCUT2D eigenvalue weighted by Gasteiger charge is -2.15. The topological polar surface area (TPSA) is 62.6 Å². The Morgan fingerprint density at radius 1 is 1.48 bits per heavy atom. The normalized spacial score (nSPS) is 14.2. The van der Waals surface area contributed by atoms with Gasteiger partial charge >= 0.3 is 0 Å². The zero-order valence-corrected chi connectivity index (χ0v) is 12.6. The molecular formula is C16H22FNO3. The molecule has 0 saturated heterocycles. The Morgan fingerprint density at radius 3 is 2.76 bits per heavy atom. The van der Waals surface area contributed by atoms with Crippen molar-refractivity contribution in [1.29, 1.82) is 0 Å². The highest BCUT2D eigenvalue weighted by Gasteiger charge is 2.20. The summed E-state index contributed by atoms with van der Waals surface area (Å²) >= 11 is 0. The number of hydrogen-bond donors (Lipinski definition) is 2. The summed E-state index contributed by atoms with van der Waals surface area (Å²) in [6, 6.07) is 3.39. The second-order valence-electron chi connectivity index (χ2n) is 4.67. The van der Waals surface area contributed by atoms with Crippen LogP contribution in [0.5, 0.6) is 5.88 Å². The molecule has 0 aliphatic heterocycles. The molecule has 0 saturated carbocycles. The average molecular weight is 295 g/mol. The number of pyridine rings is 1. The number of ether oxygens (including phenoxy) is 1. The van der Waals surface area contributed by atoms with Crippen LogP contribution in [0.2, 0.25) is 0 Å². The molecule has 1 rings (SSSR count). The summed E-state index contributed by atoms with van der Waals surface area (Å²) in [5.41, 5.74) is 0.952. The fourth-order valence-corrected chi connectivity index (χ4v) is 1.86. The minimum atomic E-state index is -1.34. The van der Waals surface area contributed by atoms with E-state index < -0.39 is 18.5 Å². The van der Waals surface area contributed by atoms with E-state index >= 15 is 0 Å². The number of aryl methyl sites for hydroxylation is 1. The first-order chi connectivity index (χ1) is 10.0. The molecule has 4 nitrogen and oxygen atoms in total. The Labute approximate surface area is 124 Å². The number of halogens is 1. The Morgan fingerprint density at radius 2 is 2.19 bits per heavy atom. The Kier molecular flexibility index (Phi) is 7.05. The smallest absolute Gasteiger partial charge is 0.213 e. The molecule has 0 aromatic carbocycles. The van der Waals surface area contributed by atoms with E-state index in [1.165, 1.54) is 13.2 Å². The van der Waals surface area contributed by atoms with Gasteiger partial charge in [-0.15, -0.1) is 0 Å². The van der Waals surface area contributed by atoms with Gasteiger partial charge in [-0.25, -0.2) is 9.37 Å². The number of nitrogens with zero attached hydrogens (tertiary/aromatic N) is 1. The van der Waals surface area contributed by atoms with E-state index in [4.69, 9.17) is 4.74 Å². The van der Waals surface area contributed by atoms with Gasteiger partial charge in [0.15, 0.2) is 0 Å². The van der Waals surface area contributed by atoms with Crippen LogP contribution < -0.4 is 4.74 Å². The van der Waals surface area contributed by atoms with Crippen molar-refractivity contribution in [2.24, 2.45) is 0 Å². The Bertz CT molecular complexity index is 526. The Balaban J connectivity index is 3.34. The molecule has 2 N–H and O–H groups in total. The Hall–Kier alpha value is -1.72. The second kappa shape index (κ2) is 8.54. The number of unbranched alkanes of at least 4 members (excludes halogenated alkanes) is 1. The van der Waals surface area contributed by atoms with Gasteiger partial charge in [-0.2, -0.15) is 0 Å². The second-order valence-corrected chi connectivity index (χ2v) is 4.67. The quantitative estimate of drug-likeness (QED) is 0.759. The standard InChI is InChI=1S/C16H22FNO3/c1-4-5-6-7-12(17)15(13(20)10-19)16-11(2)8-9-14(18-16)21-3/h6-9,13,19-20H,4-5,10H2,1-3H3/b7-6+,15-12+. The fourth-order valence-electron chi connectivity index (χ4n) is 1.86. The van der Waals surface area contributed by atoms with Crippen molar-refractivity contribution in [3.05, 3.63) is 41.4 Å². The number of aromatic nitrogens is 1. The zero-order valence-electron chi connectivity index (χ0n) is 12.6. The third-order valence-corrected chi connectivity index (χ3v) is 3.02. The van der Waals surface area contributed by atoms with Gasteiger partial charge in [-0.3, -0.25) is 0 Å². The molecule has 0 fully saturated rings. The monoisotopic (exact) mass is 295 g/mol. The van der Waals surface area contributed by atoms with Crippen LogP contribution in [0.4, 0.5) is 4.39 Å². The van der Waals surface area contributed by atoms with Gasteiger partial charge in [0.2, 0.25) is 5.88 Å². The maximum atomic E-state index is 14.4. The molecule has 0 aliphatic carbocycles. The highest BCUT2D eigenvalue weighted by molar-refractivity contribution is 5.72. The van der Waals surface area contributed by atoms with E-state index in [2.05, 4.69) is 4.98 Å². The third-order valence-electron chi connectivity index (χ3n) is 3.02. The van der Waals surface area contributed by atoms with Crippen molar-refractivity contribution in [1.82, 2.24) is 4.98 Å². The highest BCUT2D eigenvalue weighted by Crippen LogP contribution is 2.27. The molecule has 1 unspecified atom stereocenters. The van der Waals surface area contributed by atoms with Crippen LogP contribution in [-0.2, 0) is 0 Å². The lowest BCUT2D eigenvalue weighted by molar-refractivity contribution is 0.136. The number of rotatable bonds is 7. The number of aliphatic hydroxyl groups is 2. The number of allylic oxidation sites excluding steroid dienone is 3. The van der Waals surface area contributed by atoms with Crippen LogP contribution in [0.15, 0.2) is 30.1 Å². The molecule has 0 bridgehead atoms.